The normalized spacial score (nSPS) is 11.6. The highest BCUT2D eigenvalue weighted by Gasteiger charge is 2.40. The van der Waals surface area contributed by atoms with Gasteiger partial charge in [0.1, 0.15) is 16.4 Å². The lowest BCUT2D eigenvalue weighted by atomic mass is 9.87. The van der Waals surface area contributed by atoms with Crippen molar-refractivity contribution in [2.75, 3.05) is 41.6 Å². The van der Waals surface area contributed by atoms with Crippen LogP contribution in [0.15, 0.2) is 158 Å². The van der Waals surface area contributed by atoms with Gasteiger partial charge in [0.25, 0.3) is 0 Å². The second kappa shape index (κ2) is 19.5. The van der Waals surface area contributed by atoms with E-state index in [1.807, 2.05) is 54.6 Å². The summed E-state index contributed by atoms with van der Waals surface area (Å²) in [6, 6.07) is 53.2. The van der Waals surface area contributed by atoms with E-state index in [1.54, 1.807) is 21.5 Å². The van der Waals surface area contributed by atoms with E-state index in [0.29, 0.717) is 17.8 Å². The van der Waals surface area contributed by atoms with Gasteiger partial charge in [0, 0.05) is 44.0 Å². The molecule has 0 aliphatic carbocycles. The van der Waals surface area contributed by atoms with Crippen molar-refractivity contribution in [1.82, 2.24) is 4.98 Å². The molecule has 1 aromatic heterocycles. The maximum Gasteiger partial charge on any atom is 0.480 e. The molecule has 6 aromatic carbocycles. The zero-order valence-corrected chi connectivity index (χ0v) is 37.3. The summed E-state index contributed by atoms with van der Waals surface area (Å²) in [6.07, 6.45) is 0.246. The molecule has 0 aliphatic heterocycles. The molecule has 0 amide bonds. The topological polar surface area (TPSA) is 105 Å². The third-order valence-corrected chi connectivity index (χ3v) is 13.4. The minimum atomic E-state index is -5.92. The van der Waals surface area contributed by atoms with Gasteiger partial charge in [-0.3, -0.25) is 0 Å². The molecule has 1 heterocycles. The van der Waals surface area contributed by atoms with Gasteiger partial charge in [-0.2, -0.15) is 18.2 Å². The summed E-state index contributed by atoms with van der Waals surface area (Å²) in [5.41, 5.74) is 4.09. The van der Waals surface area contributed by atoms with Crippen LogP contribution >= 0.6 is 11.3 Å². The highest BCUT2D eigenvalue weighted by molar-refractivity contribution is 8.12. The number of halogens is 4. The predicted octanol–water partition coefficient (Wildman–Crippen LogP) is 12.1. The van der Waals surface area contributed by atoms with Crippen LogP contribution in [0.3, 0.4) is 0 Å². The zero-order chi connectivity index (χ0) is 45.5. The van der Waals surface area contributed by atoms with Gasteiger partial charge in [-0.25, -0.2) is 21.2 Å². The minimum Gasteiger partial charge on any atom is -0.429 e. The summed E-state index contributed by atoms with van der Waals surface area (Å²) in [5.74, 6) is 0.703. The maximum absolute atomic E-state index is 15.7. The number of alkyl halides is 3. The highest BCUT2D eigenvalue weighted by Crippen LogP contribution is 2.46. The number of aryl methyl sites for hydroxylation is 1. The fraction of sp³-hybridized carbons (Fsp3) is 0.149. The Morgan fingerprint density at radius 3 is 1.52 bits per heavy atom. The Morgan fingerprint density at radius 1 is 0.651 bits per heavy atom. The molecule has 0 atom stereocenters. The van der Waals surface area contributed by atoms with Crippen molar-refractivity contribution in [2.45, 2.75) is 19.4 Å². The molecular weight excluding hydrogens is 871 g/mol. The largest absolute Gasteiger partial charge is 0.480 e. The van der Waals surface area contributed by atoms with Gasteiger partial charge in [-0.05, 0) is 110 Å². The number of anilines is 6. The van der Waals surface area contributed by atoms with Gasteiger partial charge < -0.3 is 18.8 Å². The molecule has 63 heavy (non-hydrogen) atoms. The summed E-state index contributed by atoms with van der Waals surface area (Å²) < 4.78 is 91.7. The lowest BCUT2D eigenvalue weighted by molar-refractivity contribution is -0.0425. The Bertz CT molecular complexity index is 2760. The Balaban J connectivity index is 0.000000482. The highest BCUT2D eigenvalue weighted by atomic mass is 32.3. The first-order valence-corrected chi connectivity index (χ1v) is 23.5. The van der Waals surface area contributed by atoms with Crippen molar-refractivity contribution in [2.24, 2.45) is 0 Å². The SMILES string of the molecule is CCN(c1nc(-c2ccccc2F)c([C+](c2ccc(N(C)c3ccccc3)cc2)c2ccc(N(C)c3ccccc3)cc2)s1)c1ccccc1C.CS(=O)(=O)[N-]S(=O)(=O)C(F)(F)F. The van der Waals surface area contributed by atoms with Crippen LogP contribution in [0.4, 0.5) is 51.1 Å². The second-order valence-corrected chi connectivity index (χ2v) is 18.6. The van der Waals surface area contributed by atoms with E-state index in [4.69, 9.17) is 4.98 Å². The summed E-state index contributed by atoms with van der Waals surface area (Å²) in [4.78, 5) is 12.7. The van der Waals surface area contributed by atoms with Crippen LogP contribution in [-0.2, 0) is 20.0 Å². The van der Waals surface area contributed by atoms with E-state index < -0.39 is 25.6 Å². The van der Waals surface area contributed by atoms with Crippen LogP contribution in [-0.4, -0.2) is 54.2 Å². The molecule has 0 radical (unpaired) electrons. The lowest BCUT2D eigenvalue weighted by Gasteiger charge is -2.22. The van der Waals surface area contributed by atoms with Gasteiger partial charge in [-0.1, -0.05) is 78.1 Å². The van der Waals surface area contributed by atoms with Gasteiger partial charge in [0.15, 0.2) is 15.2 Å². The van der Waals surface area contributed by atoms with Gasteiger partial charge in [0.2, 0.25) is 0 Å². The molecule has 0 N–H and O–H groups in total. The first kappa shape index (κ1) is 46.3. The van der Waals surface area contributed by atoms with Gasteiger partial charge in [-0.15, -0.1) is 0 Å². The molecule has 0 saturated heterocycles. The summed E-state index contributed by atoms with van der Waals surface area (Å²) in [5, 5.41) is 0.818. The molecule has 7 aromatic rings. The van der Waals surface area contributed by atoms with E-state index in [9.17, 15) is 30.0 Å². The summed E-state index contributed by atoms with van der Waals surface area (Å²) in [7, 11) is -6.31. The van der Waals surface area contributed by atoms with Crippen LogP contribution in [0.5, 0.6) is 0 Å². The number of aromatic nitrogens is 1. The number of para-hydroxylation sites is 3. The number of thiazole rings is 1. The third kappa shape index (κ3) is 11.1. The molecule has 9 nitrogen and oxygen atoms in total. The molecule has 0 saturated carbocycles. The van der Waals surface area contributed by atoms with E-state index in [1.165, 1.54) is 6.07 Å². The quantitative estimate of drug-likeness (QED) is 0.0832. The fourth-order valence-electron chi connectivity index (χ4n) is 6.66. The molecule has 326 valence electrons. The molecular formula is C47H43F4N5O4S3. The number of hydrogen-bond donors (Lipinski definition) is 0. The Morgan fingerprint density at radius 2 is 1.10 bits per heavy atom. The number of rotatable bonds is 13. The first-order valence-electron chi connectivity index (χ1n) is 19.4. The fourth-order valence-corrected chi connectivity index (χ4v) is 9.67. The maximum atomic E-state index is 15.7. The second-order valence-electron chi connectivity index (χ2n) is 14.2. The van der Waals surface area contributed by atoms with E-state index in [2.05, 4.69) is 134 Å². The van der Waals surface area contributed by atoms with E-state index in [-0.39, 0.29) is 12.1 Å². The monoisotopic (exact) mass is 913 g/mol. The van der Waals surface area contributed by atoms with Crippen molar-refractivity contribution in [1.29, 1.82) is 0 Å². The predicted molar refractivity (Wildman–Crippen MR) is 247 cm³/mol. The molecule has 0 bridgehead atoms. The van der Waals surface area contributed by atoms with Gasteiger partial charge >= 0.3 is 5.51 Å². The first-order chi connectivity index (χ1) is 29.9. The smallest absolute Gasteiger partial charge is 0.429 e. The Hall–Kier alpha value is -6.20. The van der Waals surface area contributed by atoms with Crippen LogP contribution in [0.25, 0.3) is 15.4 Å². The van der Waals surface area contributed by atoms with Crippen molar-refractivity contribution < 1.29 is 34.4 Å². The van der Waals surface area contributed by atoms with E-state index in [0.717, 1.165) is 61.1 Å². The Kier molecular flexibility index (Phi) is 14.3. The third-order valence-electron chi connectivity index (χ3n) is 9.82. The standard InChI is InChI=1S/C45H40FN4S.C2H3F3NO4S2/c1-5-50(41-23-15-12-16-32(41)2)45-47-43(39-21-13-14-22-40(39)46)44(51-45)42(33-24-28-37(29-25-33)48(3)35-17-8-6-9-18-35)34-26-30-38(31-27-34)49(4)36-19-10-7-11-20-36;1-11(7,8)6-12(9,10)2(3,4)5/h6-31H,5H2,1-4H3;1H3/q+1;-1. The zero-order valence-electron chi connectivity index (χ0n) is 34.8. The van der Waals surface area contributed by atoms with Crippen LogP contribution in [0.1, 0.15) is 28.5 Å². The molecule has 7 rings (SSSR count). The average molecular weight is 914 g/mol. The molecule has 0 aliphatic rings. The Labute approximate surface area is 370 Å². The molecule has 0 unspecified atom stereocenters. The number of sulfonamides is 2. The van der Waals surface area contributed by atoms with Crippen LogP contribution in [0.2, 0.25) is 0 Å². The summed E-state index contributed by atoms with van der Waals surface area (Å²) >= 11 is 1.60. The molecule has 0 spiro atoms. The van der Waals surface area contributed by atoms with Crippen molar-refractivity contribution in [3.8, 4) is 11.3 Å². The van der Waals surface area contributed by atoms with Crippen molar-refractivity contribution >= 4 is 65.0 Å². The molecule has 16 heteroatoms. The van der Waals surface area contributed by atoms with E-state index >= 15 is 4.39 Å². The average Bonchev–Trinajstić information content (AvgIpc) is 3.68. The van der Waals surface area contributed by atoms with Crippen LogP contribution in [0, 0.1) is 18.7 Å². The van der Waals surface area contributed by atoms with Crippen molar-refractivity contribution in [3.05, 3.63) is 195 Å². The number of benzene rings is 6. The van der Waals surface area contributed by atoms with Crippen molar-refractivity contribution in [3.63, 3.8) is 0 Å². The minimum absolute atomic E-state index is 0.246. The van der Waals surface area contributed by atoms with Gasteiger partial charge in [0.05, 0.1) is 44.0 Å². The number of nitrogens with zero attached hydrogens (tertiary/aromatic N) is 5. The van der Waals surface area contributed by atoms with Crippen LogP contribution < -0.4 is 14.7 Å². The summed E-state index contributed by atoms with van der Waals surface area (Å²) in [6.45, 7) is 4.96. The lowest BCUT2D eigenvalue weighted by Crippen LogP contribution is -2.23. The molecule has 0 fully saturated rings. The number of hydrogen-bond acceptors (Lipinski definition) is 9.